The molecule has 2 N–H and O–H groups in total. The third-order valence-electron chi connectivity index (χ3n) is 4.73. The molecule has 5 heteroatoms. The Balaban J connectivity index is 1.43. The lowest BCUT2D eigenvalue weighted by Gasteiger charge is -2.22. The zero-order chi connectivity index (χ0) is 18.2. The normalized spacial score (nSPS) is 14.8. The summed E-state index contributed by atoms with van der Waals surface area (Å²) in [5, 5.41) is 6.26. The van der Waals surface area contributed by atoms with Crippen LogP contribution in [0, 0.1) is 11.7 Å². The molecule has 138 valence electrons. The van der Waals surface area contributed by atoms with Crippen LogP contribution in [0.1, 0.15) is 31.2 Å². The third-order valence-corrected chi connectivity index (χ3v) is 4.73. The van der Waals surface area contributed by atoms with E-state index in [1.54, 1.807) is 42.5 Å². The largest absolute Gasteiger partial charge is 0.489 e. The Labute approximate surface area is 153 Å². The van der Waals surface area contributed by atoms with Gasteiger partial charge in [0.1, 0.15) is 18.2 Å². The first kappa shape index (κ1) is 18.4. The minimum atomic E-state index is -0.273. The van der Waals surface area contributed by atoms with Crippen molar-refractivity contribution in [2.75, 3.05) is 18.4 Å². The summed E-state index contributed by atoms with van der Waals surface area (Å²) in [4.78, 5) is 12.1. The second-order valence-electron chi connectivity index (χ2n) is 6.68. The molecule has 1 saturated heterocycles. The molecule has 3 rings (SSSR count). The molecule has 2 aromatic rings. The SMILES string of the molecule is O=C(CCC1CCNCC1)Nc1ccc(OCc2ccccc2F)cc1. The summed E-state index contributed by atoms with van der Waals surface area (Å²) in [6, 6.07) is 13.7. The summed E-state index contributed by atoms with van der Waals surface area (Å²) < 4.78 is 19.2. The first-order valence-corrected chi connectivity index (χ1v) is 9.17. The van der Waals surface area contributed by atoms with E-state index in [-0.39, 0.29) is 18.3 Å². The van der Waals surface area contributed by atoms with Gasteiger partial charge in [-0.1, -0.05) is 18.2 Å². The number of piperidine rings is 1. The molecule has 0 aromatic heterocycles. The number of nitrogens with one attached hydrogen (secondary N) is 2. The van der Waals surface area contributed by atoms with Gasteiger partial charge < -0.3 is 15.4 Å². The average molecular weight is 356 g/mol. The highest BCUT2D eigenvalue weighted by atomic mass is 19.1. The molecular weight excluding hydrogens is 331 g/mol. The Hall–Kier alpha value is -2.40. The number of benzene rings is 2. The predicted octanol–water partition coefficient (Wildman–Crippen LogP) is 4.12. The van der Waals surface area contributed by atoms with E-state index in [0.717, 1.165) is 38.0 Å². The Kier molecular flexibility index (Phi) is 6.61. The van der Waals surface area contributed by atoms with Crippen molar-refractivity contribution in [3.8, 4) is 5.75 Å². The van der Waals surface area contributed by atoms with Crippen molar-refractivity contribution in [3.63, 3.8) is 0 Å². The standard InChI is InChI=1S/C21H25FN2O2/c22-20-4-2-1-3-17(20)15-26-19-8-6-18(7-9-19)24-21(25)10-5-16-11-13-23-14-12-16/h1-4,6-9,16,23H,5,10-15H2,(H,24,25). The lowest BCUT2D eigenvalue weighted by molar-refractivity contribution is -0.116. The fourth-order valence-corrected chi connectivity index (χ4v) is 3.14. The number of hydrogen-bond donors (Lipinski definition) is 2. The van der Waals surface area contributed by atoms with Crippen molar-refractivity contribution in [2.24, 2.45) is 5.92 Å². The van der Waals surface area contributed by atoms with Gasteiger partial charge in [0.25, 0.3) is 0 Å². The van der Waals surface area contributed by atoms with Gasteiger partial charge >= 0.3 is 0 Å². The van der Waals surface area contributed by atoms with E-state index in [0.29, 0.717) is 23.7 Å². The molecule has 0 saturated carbocycles. The number of carbonyl (C=O) groups excluding carboxylic acids is 1. The van der Waals surface area contributed by atoms with Gasteiger partial charge in [0.2, 0.25) is 5.91 Å². The molecule has 26 heavy (non-hydrogen) atoms. The van der Waals surface area contributed by atoms with Crippen LogP contribution in [0.15, 0.2) is 48.5 Å². The van der Waals surface area contributed by atoms with Crippen LogP contribution in [0.3, 0.4) is 0 Å². The number of hydrogen-bond acceptors (Lipinski definition) is 3. The topological polar surface area (TPSA) is 50.4 Å². The Morgan fingerprint density at radius 1 is 1.12 bits per heavy atom. The second kappa shape index (κ2) is 9.34. The van der Waals surface area contributed by atoms with Gasteiger partial charge in [0, 0.05) is 17.7 Å². The van der Waals surface area contributed by atoms with E-state index in [2.05, 4.69) is 10.6 Å². The molecule has 0 radical (unpaired) electrons. The fourth-order valence-electron chi connectivity index (χ4n) is 3.14. The molecule has 0 atom stereocenters. The van der Waals surface area contributed by atoms with Crippen LogP contribution in [0.2, 0.25) is 0 Å². The molecule has 0 unspecified atom stereocenters. The van der Waals surface area contributed by atoms with Crippen molar-refractivity contribution >= 4 is 11.6 Å². The Morgan fingerprint density at radius 2 is 1.85 bits per heavy atom. The smallest absolute Gasteiger partial charge is 0.224 e. The minimum Gasteiger partial charge on any atom is -0.489 e. The van der Waals surface area contributed by atoms with E-state index >= 15 is 0 Å². The highest BCUT2D eigenvalue weighted by Crippen LogP contribution is 2.20. The molecule has 0 spiro atoms. The van der Waals surface area contributed by atoms with Gasteiger partial charge in [-0.2, -0.15) is 0 Å². The van der Waals surface area contributed by atoms with Gasteiger partial charge in [0.05, 0.1) is 0 Å². The maximum atomic E-state index is 13.6. The number of anilines is 1. The van der Waals surface area contributed by atoms with E-state index in [1.807, 2.05) is 0 Å². The summed E-state index contributed by atoms with van der Waals surface area (Å²) in [7, 11) is 0. The van der Waals surface area contributed by atoms with Crippen LogP contribution in [0.4, 0.5) is 10.1 Å². The number of rotatable bonds is 7. The molecule has 1 aliphatic rings. The molecule has 1 fully saturated rings. The molecule has 0 bridgehead atoms. The van der Waals surface area contributed by atoms with Gasteiger partial charge in [-0.25, -0.2) is 4.39 Å². The van der Waals surface area contributed by atoms with Crippen LogP contribution < -0.4 is 15.4 Å². The van der Waals surface area contributed by atoms with Crippen LogP contribution in [-0.2, 0) is 11.4 Å². The Morgan fingerprint density at radius 3 is 2.58 bits per heavy atom. The molecule has 1 heterocycles. The monoisotopic (exact) mass is 356 g/mol. The Bertz CT molecular complexity index is 712. The quantitative estimate of drug-likeness (QED) is 0.784. The lowest BCUT2D eigenvalue weighted by atomic mass is 9.93. The van der Waals surface area contributed by atoms with E-state index in [1.165, 1.54) is 6.07 Å². The van der Waals surface area contributed by atoms with Crippen molar-refractivity contribution < 1.29 is 13.9 Å². The van der Waals surface area contributed by atoms with Gasteiger partial charge in [-0.05, 0) is 68.6 Å². The summed E-state index contributed by atoms with van der Waals surface area (Å²) in [6.07, 6.45) is 3.80. The third kappa shape index (κ3) is 5.56. The maximum Gasteiger partial charge on any atom is 0.224 e. The maximum absolute atomic E-state index is 13.6. The average Bonchev–Trinajstić information content (AvgIpc) is 2.68. The van der Waals surface area contributed by atoms with E-state index in [9.17, 15) is 9.18 Å². The minimum absolute atomic E-state index is 0.0450. The highest BCUT2D eigenvalue weighted by Gasteiger charge is 2.14. The summed E-state index contributed by atoms with van der Waals surface area (Å²) in [5.74, 6) is 1.06. The van der Waals surface area contributed by atoms with Crippen molar-refractivity contribution in [2.45, 2.75) is 32.3 Å². The number of amides is 1. The van der Waals surface area contributed by atoms with Gasteiger partial charge in [0.15, 0.2) is 0 Å². The summed E-state index contributed by atoms with van der Waals surface area (Å²) in [5.41, 5.74) is 1.27. The molecule has 2 aromatic carbocycles. The number of ether oxygens (including phenoxy) is 1. The van der Waals surface area contributed by atoms with Gasteiger partial charge in [-0.15, -0.1) is 0 Å². The first-order valence-electron chi connectivity index (χ1n) is 9.17. The molecule has 1 amide bonds. The second-order valence-corrected chi connectivity index (χ2v) is 6.68. The molecule has 1 aliphatic heterocycles. The number of halogens is 1. The predicted molar refractivity (Wildman–Crippen MR) is 101 cm³/mol. The first-order chi connectivity index (χ1) is 12.7. The van der Waals surface area contributed by atoms with Crippen LogP contribution in [0.25, 0.3) is 0 Å². The van der Waals surface area contributed by atoms with Crippen molar-refractivity contribution in [1.82, 2.24) is 5.32 Å². The molecule has 0 aliphatic carbocycles. The lowest BCUT2D eigenvalue weighted by Crippen LogP contribution is -2.28. The summed E-state index contributed by atoms with van der Waals surface area (Å²) >= 11 is 0. The van der Waals surface area contributed by atoms with Crippen LogP contribution >= 0.6 is 0 Å². The zero-order valence-corrected chi connectivity index (χ0v) is 14.8. The summed E-state index contributed by atoms with van der Waals surface area (Å²) in [6.45, 7) is 2.29. The highest BCUT2D eigenvalue weighted by molar-refractivity contribution is 5.90. The molecular formula is C21H25FN2O2. The fraction of sp³-hybridized carbons (Fsp3) is 0.381. The van der Waals surface area contributed by atoms with Crippen molar-refractivity contribution in [1.29, 1.82) is 0 Å². The zero-order valence-electron chi connectivity index (χ0n) is 14.8. The van der Waals surface area contributed by atoms with Crippen LogP contribution in [-0.4, -0.2) is 19.0 Å². The van der Waals surface area contributed by atoms with E-state index < -0.39 is 0 Å². The van der Waals surface area contributed by atoms with E-state index in [4.69, 9.17) is 4.74 Å². The van der Waals surface area contributed by atoms with Crippen molar-refractivity contribution in [3.05, 3.63) is 59.9 Å². The van der Waals surface area contributed by atoms with Gasteiger partial charge in [-0.3, -0.25) is 4.79 Å². The number of carbonyl (C=O) groups is 1. The van der Waals surface area contributed by atoms with Crippen LogP contribution in [0.5, 0.6) is 5.75 Å². The molecule has 4 nitrogen and oxygen atoms in total.